The Morgan fingerprint density at radius 2 is 1.92 bits per heavy atom. The summed E-state index contributed by atoms with van der Waals surface area (Å²) in [5.41, 5.74) is 2.51. The lowest BCUT2D eigenvalue weighted by molar-refractivity contribution is 0.0925. The molecule has 0 aliphatic heterocycles. The number of para-hydroxylation sites is 2. The van der Waals surface area contributed by atoms with Crippen molar-refractivity contribution in [1.82, 2.24) is 10.3 Å². The third kappa shape index (κ3) is 3.86. The molecule has 1 N–H and O–H groups in total. The molecule has 1 aromatic heterocycles. The molecule has 1 heterocycles. The van der Waals surface area contributed by atoms with Crippen molar-refractivity contribution >= 4 is 17.0 Å². The molecule has 25 heavy (non-hydrogen) atoms. The Balaban J connectivity index is 1.85. The summed E-state index contributed by atoms with van der Waals surface area (Å²) in [4.78, 5) is 17.1. The standard InChI is InChI=1S/C20H19N3O2/c1-13(2)11-17(20-23-16-5-3-4-6-18(16)25-20)22-19(24)15-9-7-14(12-21)8-10-15/h3-10,13,17H,11H2,1-2H3,(H,22,24)/t17-/m0/s1. The monoisotopic (exact) mass is 333 g/mol. The minimum Gasteiger partial charge on any atom is -0.438 e. The molecular formula is C20H19N3O2. The highest BCUT2D eigenvalue weighted by atomic mass is 16.3. The molecule has 126 valence electrons. The molecule has 0 fully saturated rings. The molecule has 0 aliphatic carbocycles. The van der Waals surface area contributed by atoms with Gasteiger partial charge in [-0.3, -0.25) is 4.79 Å². The van der Waals surface area contributed by atoms with Gasteiger partial charge in [0.05, 0.1) is 11.6 Å². The van der Waals surface area contributed by atoms with Crippen molar-refractivity contribution in [1.29, 1.82) is 5.26 Å². The maximum Gasteiger partial charge on any atom is 0.251 e. The minimum atomic E-state index is -0.310. The Morgan fingerprint density at radius 1 is 1.20 bits per heavy atom. The minimum absolute atomic E-state index is 0.211. The third-order valence-corrected chi connectivity index (χ3v) is 3.90. The van der Waals surface area contributed by atoms with Crippen LogP contribution < -0.4 is 5.32 Å². The fraction of sp³-hybridized carbons (Fsp3) is 0.250. The van der Waals surface area contributed by atoms with Crippen LogP contribution in [0.5, 0.6) is 0 Å². The molecule has 0 bridgehead atoms. The van der Waals surface area contributed by atoms with Gasteiger partial charge in [0.1, 0.15) is 11.6 Å². The number of nitrogens with one attached hydrogen (secondary N) is 1. The van der Waals surface area contributed by atoms with E-state index in [2.05, 4.69) is 24.1 Å². The number of oxazole rings is 1. The summed E-state index contributed by atoms with van der Waals surface area (Å²) in [7, 11) is 0. The number of hydrogen-bond acceptors (Lipinski definition) is 4. The normalized spacial score (nSPS) is 12.1. The highest BCUT2D eigenvalue weighted by Crippen LogP contribution is 2.25. The van der Waals surface area contributed by atoms with Gasteiger partial charge in [-0.2, -0.15) is 5.26 Å². The molecular weight excluding hydrogens is 314 g/mol. The van der Waals surface area contributed by atoms with E-state index in [1.807, 2.05) is 30.3 Å². The molecule has 0 radical (unpaired) electrons. The van der Waals surface area contributed by atoms with Crippen molar-refractivity contribution in [2.24, 2.45) is 5.92 Å². The van der Waals surface area contributed by atoms with Crippen LogP contribution in [0.4, 0.5) is 0 Å². The quantitative estimate of drug-likeness (QED) is 0.758. The number of fused-ring (bicyclic) bond motifs is 1. The molecule has 2 aromatic carbocycles. The summed E-state index contributed by atoms with van der Waals surface area (Å²) in [6.45, 7) is 4.17. The van der Waals surface area contributed by atoms with E-state index in [-0.39, 0.29) is 11.9 Å². The van der Waals surface area contributed by atoms with E-state index in [1.54, 1.807) is 24.3 Å². The van der Waals surface area contributed by atoms with E-state index < -0.39 is 0 Å². The zero-order chi connectivity index (χ0) is 17.8. The highest BCUT2D eigenvalue weighted by Gasteiger charge is 2.22. The lowest BCUT2D eigenvalue weighted by Crippen LogP contribution is -2.29. The van der Waals surface area contributed by atoms with Crippen molar-refractivity contribution in [3.8, 4) is 6.07 Å². The largest absolute Gasteiger partial charge is 0.438 e. The predicted molar refractivity (Wildman–Crippen MR) is 94.8 cm³/mol. The maximum atomic E-state index is 12.6. The Kier molecular flexibility index (Phi) is 4.80. The first-order valence-electron chi connectivity index (χ1n) is 8.23. The Morgan fingerprint density at radius 3 is 2.56 bits per heavy atom. The first-order valence-corrected chi connectivity index (χ1v) is 8.23. The second kappa shape index (κ2) is 7.18. The van der Waals surface area contributed by atoms with Gasteiger partial charge in [0.2, 0.25) is 5.89 Å². The summed E-state index contributed by atoms with van der Waals surface area (Å²) in [5, 5.41) is 11.9. The summed E-state index contributed by atoms with van der Waals surface area (Å²) in [6, 6.07) is 15.8. The zero-order valence-corrected chi connectivity index (χ0v) is 14.2. The predicted octanol–water partition coefficient (Wildman–Crippen LogP) is 4.22. The third-order valence-electron chi connectivity index (χ3n) is 3.90. The van der Waals surface area contributed by atoms with Crippen LogP contribution in [0.1, 0.15) is 48.1 Å². The topological polar surface area (TPSA) is 78.9 Å². The maximum absolute atomic E-state index is 12.6. The van der Waals surface area contributed by atoms with Crippen LogP contribution >= 0.6 is 0 Å². The van der Waals surface area contributed by atoms with Gasteiger partial charge in [-0.15, -0.1) is 0 Å². The second-order valence-electron chi connectivity index (χ2n) is 6.36. The van der Waals surface area contributed by atoms with Gasteiger partial charge in [-0.1, -0.05) is 26.0 Å². The average molecular weight is 333 g/mol. The second-order valence-corrected chi connectivity index (χ2v) is 6.36. The summed E-state index contributed by atoms with van der Waals surface area (Å²) in [6.07, 6.45) is 0.717. The number of amides is 1. The molecule has 5 heteroatoms. The zero-order valence-electron chi connectivity index (χ0n) is 14.2. The lowest BCUT2D eigenvalue weighted by Gasteiger charge is -2.17. The number of benzene rings is 2. The number of carbonyl (C=O) groups excluding carboxylic acids is 1. The van der Waals surface area contributed by atoms with E-state index in [9.17, 15) is 4.79 Å². The van der Waals surface area contributed by atoms with Gasteiger partial charge in [0.25, 0.3) is 5.91 Å². The summed E-state index contributed by atoms with van der Waals surface area (Å²) in [5.74, 6) is 0.663. The van der Waals surface area contributed by atoms with Crippen LogP contribution in [0.15, 0.2) is 52.9 Å². The Hall–Kier alpha value is -3.13. The van der Waals surface area contributed by atoms with E-state index in [1.165, 1.54) is 0 Å². The van der Waals surface area contributed by atoms with E-state index in [4.69, 9.17) is 9.68 Å². The number of nitrogens with zero attached hydrogens (tertiary/aromatic N) is 2. The van der Waals surface area contributed by atoms with Gasteiger partial charge in [-0.25, -0.2) is 4.98 Å². The van der Waals surface area contributed by atoms with Gasteiger partial charge >= 0.3 is 0 Å². The molecule has 3 aromatic rings. The molecule has 0 unspecified atom stereocenters. The molecule has 0 saturated heterocycles. The van der Waals surface area contributed by atoms with Crippen LogP contribution in [-0.2, 0) is 0 Å². The van der Waals surface area contributed by atoms with Crippen molar-refractivity contribution in [2.45, 2.75) is 26.3 Å². The molecule has 0 spiro atoms. The number of rotatable bonds is 5. The average Bonchev–Trinajstić information content (AvgIpc) is 3.05. The summed E-state index contributed by atoms with van der Waals surface area (Å²) < 4.78 is 5.84. The molecule has 0 aliphatic rings. The Bertz CT molecular complexity index is 887. The van der Waals surface area contributed by atoms with Crippen LogP contribution in [0.25, 0.3) is 11.1 Å². The number of nitriles is 1. The fourth-order valence-electron chi connectivity index (χ4n) is 2.67. The smallest absolute Gasteiger partial charge is 0.251 e. The lowest BCUT2D eigenvalue weighted by atomic mass is 10.0. The molecule has 1 amide bonds. The van der Waals surface area contributed by atoms with Gasteiger partial charge < -0.3 is 9.73 Å². The van der Waals surface area contributed by atoms with Crippen molar-refractivity contribution in [2.75, 3.05) is 0 Å². The molecule has 5 nitrogen and oxygen atoms in total. The summed E-state index contributed by atoms with van der Waals surface area (Å²) >= 11 is 0. The van der Waals surface area contributed by atoms with E-state index in [0.717, 1.165) is 11.9 Å². The van der Waals surface area contributed by atoms with Crippen LogP contribution in [0, 0.1) is 17.2 Å². The van der Waals surface area contributed by atoms with Crippen LogP contribution in [0.2, 0.25) is 0 Å². The molecule has 3 rings (SSSR count). The van der Waals surface area contributed by atoms with Gasteiger partial charge in [-0.05, 0) is 48.7 Å². The SMILES string of the molecule is CC(C)C[C@H](NC(=O)c1ccc(C#N)cc1)c1nc2ccccc2o1. The van der Waals surface area contributed by atoms with Gasteiger partial charge in [0.15, 0.2) is 5.58 Å². The highest BCUT2D eigenvalue weighted by molar-refractivity contribution is 5.94. The molecule has 0 saturated carbocycles. The number of carbonyl (C=O) groups is 1. The van der Waals surface area contributed by atoms with Gasteiger partial charge in [0, 0.05) is 5.56 Å². The molecule has 1 atom stereocenters. The fourth-order valence-corrected chi connectivity index (χ4v) is 2.67. The number of aromatic nitrogens is 1. The van der Waals surface area contributed by atoms with E-state index in [0.29, 0.717) is 28.5 Å². The first-order chi connectivity index (χ1) is 12.1. The van der Waals surface area contributed by atoms with Crippen LogP contribution in [-0.4, -0.2) is 10.9 Å². The first kappa shape index (κ1) is 16.7. The van der Waals surface area contributed by atoms with E-state index >= 15 is 0 Å². The Labute approximate surface area is 146 Å². The van der Waals surface area contributed by atoms with Crippen LogP contribution in [0.3, 0.4) is 0 Å². The van der Waals surface area contributed by atoms with Crippen molar-refractivity contribution in [3.05, 3.63) is 65.5 Å². The van der Waals surface area contributed by atoms with Crippen molar-refractivity contribution in [3.63, 3.8) is 0 Å². The number of hydrogen-bond donors (Lipinski definition) is 1. The van der Waals surface area contributed by atoms with Crippen molar-refractivity contribution < 1.29 is 9.21 Å².